The van der Waals surface area contributed by atoms with Crippen LogP contribution in [0.15, 0.2) is 12.4 Å². The first-order valence-corrected chi connectivity index (χ1v) is 8.24. The zero-order valence-corrected chi connectivity index (χ0v) is 14.4. The molecule has 6 heteroatoms. The minimum Gasteiger partial charge on any atom is -0.466 e. The highest BCUT2D eigenvalue weighted by Crippen LogP contribution is 2.32. The fourth-order valence-electron chi connectivity index (χ4n) is 2.82. The minimum absolute atomic E-state index is 0.00733. The molecule has 1 aromatic heterocycles. The minimum atomic E-state index is -0.517. The van der Waals surface area contributed by atoms with Crippen molar-refractivity contribution in [3.8, 4) is 0 Å². The van der Waals surface area contributed by atoms with Gasteiger partial charge in [-0.15, -0.1) is 0 Å². The quantitative estimate of drug-likeness (QED) is 0.797. The maximum atomic E-state index is 12.0. The summed E-state index contributed by atoms with van der Waals surface area (Å²) in [5.74, 6) is -0.461. The Labute approximate surface area is 137 Å². The van der Waals surface area contributed by atoms with Crippen LogP contribution in [0, 0.1) is 5.92 Å². The van der Waals surface area contributed by atoms with E-state index in [2.05, 4.69) is 5.10 Å². The Hall–Kier alpha value is -1.85. The Morgan fingerprint density at radius 3 is 2.48 bits per heavy atom. The second-order valence-electron chi connectivity index (χ2n) is 6.97. The molecule has 1 fully saturated rings. The molecule has 0 aliphatic heterocycles. The zero-order chi connectivity index (χ0) is 17.0. The summed E-state index contributed by atoms with van der Waals surface area (Å²) in [6.07, 6.45) is 6.60. The molecule has 1 aliphatic carbocycles. The third-order valence-corrected chi connectivity index (χ3v) is 3.93. The summed E-state index contributed by atoms with van der Waals surface area (Å²) >= 11 is 0. The van der Waals surface area contributed by atoms with Gasteiger partial charge in [-0.3, -0.25) is 9.48 Å². The summed E-state index contributed by atoms with van der Waals surface area (Å²) < 4.78 is 12.2. The zero-order valence-electron chi connectivity index (χ0n) is 14.4. The maximum absolute atomic E-state index is 12.0. The highest BCUT2D eigenvalue weighted by atomic mass is 16.6. The van der Waals surface area contributed by atoms with Crippen LogP contribution in [0.25, 0.3) is 0 Å². The molecular formula is C17H26N2O4. The van der Waals surface area contributed by atoms with E-state index in [1.54, 1.807) is 12.4 Å². The standard InChI is InChI=1S/C17H26N2O4/c1-5-22-15(20)12-6-8-14(9-7-12)19-11-13(10-18-19)16(21)23-17(2,3)4/h10-12,14H,5-9H2,1-4H3. The molecule has 0 bridgehead atoms. The van der Waals surface area contributed by atoms with Crippen molar-refractivity contribution >= 4 is 11.9 Å². The number of hydrogen-bond donors (Lipinski definition) is 0. The van der Waals surface area contributed by atoms with Crippen molar-refractivity contribution in [3.05, 3.63) is 18.0 Å². The second-order valence-corrected chi connectivity index (χ2v) is 6.97. The first-order valence-electron chi connectivity index (χ1n) is 8.24. The van der Waals surface area contributed by atoms with Gasteiger partial charge in [-0.2, -0.15) is 5.10 Å². The molecule has 0 radical (unpaired) electrons. The fourth-order valence-corrected chi connectivity index (χ4v) is 2.82. The summed E-state index contributed by atoms with van der Waals surface area (Å²) in [4.78, 5) is 23.8. The number of rotatable bonds is 4. The molecular weight excluding hydrogens is 296 g/mol. The van der Waals surface area contributed by atoms with Gasteiger partial charge in [-0.05, 0) is 53.4 Å². The molecule has 1 aliphatic rings. The van der Waals surface area contributed by atoms with E-state index in [9.17, 15) is 9.59 Å². The van der Waals surface area contributed by atoms with Crippen molar-refractivity contribution in [1.82, 2.24) is 9.78 Å². The number of ether oxygens (including phenoxy) is 2. The average molecular weight is 322 g/mol. The van der Waals surface area contributed by atoms with Crippen LogP contribution in [0.3, 0.4) is 0 Å². The molecule has 1 heterocycles. The molecule has 23 heavy (non-hydrogen) atoms. The number of carbonyl (C=O) groups excluding carboxylic acids is 2. The molecule has 128 valence electrons. The molecule has 0 saturated heterocycles. The van der Waals surface area contributed by atoms with E-state index in [1.165, 1.54) is 0 Å². The molecule has 0 unspecified atom stereocenters. The van der Waals surface area contributed by atoms with Crippen LogP contribution in [-0.2, 0) is 14.3 Å². The third-order valence-electron chi connectivity index (χ3n) is 3.93. The van der Waals surface area contributed by atoms with Crippen LogP contribution in [0.1, 0.15) is 69.8 Å². The number of hydrogen-bond acceptors (Lipinski definition) is 5. The van der Waals surface area contributed by atoms with Crippen LogP contribution in [0.2, 0.25) is 0 Å². The predicted molar refractivity (Wildman–Crippen MR) is 85.0 cm³/mol. The Morgan fingerprint density at radius 1 is 1.26 bits per heavy atom. The maximum Gasteiger partial charge on any atom is 0.341 e. The lowest BCUT2D eigenvalue weighted by molar-refractivity contribution is -0.149. The summed E-state index contributed by atoms with van der Waals surface area (Å²) in [6, 6.07) is 0.219. The highest BCUT2D eigenvalue weighted by Gasteiger charge is 2.29. The topological polar surface area (TPSA) is 70.4 Å². The van der Waals surface area contributed by atoms with E-state index >= 15 is 0 Å². The molecule has 0 amide bonds. The number of carbonyl (C=O) groups is 2. The van der Waals surface area contributed by atoms with Gasteiger partial charge in [0.1, 0.15) is 5.60 Å². The van der Waals surface area contributed by atoms with Gasteiger partial charge >= 0.3 is 11.9 Å². The third kappa shape index (κ3) is 4.81. The van der Waals surface area contributed by atoms with Crippen molar-refractivity contribution in [2.75, 3.05) is 6.61 Å². The van der Waals surface area contributed by atoms with E-state index in [0.29, 0.717) is 12.2 Å². The first-order chi connectivity index (χ1) is 10.8. The Kier molecular flexibility index (Phi) is 5.44. The van der Waals surface area contributed by atoms with Gasteiger partial charge in [0.15, 0.2) is 0 Å². The van der Waals surface area contributed by atoms with Gasteiger partial charge in [-0.1, -0.05) is 0 Å². The van der Waals surface area contributed by atoms with Crippen molar-refractivity contribution in [2.45, 2.75) is 65.0 Å². The molecule has 0 spiro atoms. The molecule has 0 aromatic carbocycles. The summed E-state index contributed by atoms with van der Waals surface area (Å²) in [5.41, 5.74) is -0.0518. The van der Waals surface area contributed by atoms with Crippen LogP contribution in [-0.4, -0.2) is 33.9 Å². The van der Waals surface area contributed by atoms with E-state index < -0.39 is 5.60 Å². The Morgan fingerprint density at radius 2 is 1.91 bits per heavy atom. The van der Waals surface area contributed by atoms with E-state index in [-0.39, 0.29) is 23.9 Å². The van der Waals surface area contributed by atoms with Gasteiger partial charge in [0, 0.05) is 6.20 Å². The SMILES string of the molecule is CCOC(=O)C1CCC(n2cc(C(=O)OC(C)(C)C)cn2)CC1. The van der Waals surface area contributed by atoms with Gasteiger partial charge in [0.25, 0.3) is 0 Å². The Bertz CT molecular complexity index is 551. The predicted octanol–water partition coefficient (Wildman–Crippen LogP) is 3.13. The van der Waals surface area contributed by atoms with Crippen LogP contribution >= 0.6 is 0 Å². The van der Waals surface area contributed by atoms with Crippen molar-refractivity contribution in [2.24, 2.45) is 5.92 Å². The number of aromatic nitrogens is 2. The molecule has 1 saturated carbocycles. The monoisotopic (exact) mass is 322 g/mol. The molecule has 0 N–H and O–H groups in total. The fraction of sp³-hybridized carbons (Fsp3) is 0.706. The second kappa shape index (κ2) is 7.15. The average Bonchev–Trinajstić information content (AvgIpc) is 2.96. The summed E-state index contributed by atoms with van der Waals surface area (Å²) in [7, 11) is 0. The normalized spacial score (nSPS) is 21.7. The van der Waals surface area contributed by atoms with Crippen molar-refractivity contribution in [1.29, 1.82) is 0 Å². The number of nitrogens with zero attached hydrogens (tertiary/aromatic N) is 2. The molecule has 1 aromatic rings. The van der Waals surface area contributed by atoms with E-state index in [4.69, 9.17) is 9.47 Å². The number of esters is 2. The van der Waals surface area contributed by atoms with Gasteiger partial charge in [-0.25, -0.2) is 4.79 Å². The van der Waals surface area contributed by atoms with E-state index in [1.807, 2.05) is 32.4 Å². The highest BCUT2D eigenvalue weighted by molar-refractivity contribution is 5.89. The van der Waals surface area contributed by atoms with E-state index in [0.717, 1.165) is 25.7 Å². The van der Waals surface area contributed by atoms with Crippen molar-refractivity contribution < 1.29 is 19.1 Å². The van der Waals surface area contributed by atoms with Crippen LogP contribution in [0.4, 0.5) is 0 Å². The smallest absolute Gasteiger partial charge is 0.341 e. The van der Waals surface area contributed by atoms with Crippen molar-refractivity contribution in [3.63, 3.8) is 0 Å². The molecule has 6 nitrogen and oxygen atoms in total. The summed E-state index contributed by atoms with van der Waals surface area (Å²) in [5, 5.41) is 4.30. The lowest BCUT2D eigenvalue weighted by atomic mass is 9.86. The Balaban J connectivity index is 1.92. The largest absolute Gasteiger partial charge is 0.466 e. The van der Waals surface area contributed by atoms with Crippen LogP contribution in [0.5, 0.6) is 0 Å². The van der Waals surface area contributed by atoms with Gasteiger partial charge < -0.3 is 9.47 Å². The summed E-state index contributed by atoms with van der Waals surface area (Å²) in [6.45, 7) is 7.77. The molecule has 2 rings (SSSR count). The molecule has 0 atom stereocenters. The first kappa shape index (κ1) is 17.5. The lowest BCUT2D eigenvalue weighted by Gasteiger charge is -2.27. The van der Waals surface area contributed by atoms with Crippen LogP contribution < -0.4 is 0 Å². The lowest BCUT2D eigenvalue weighted by Crippen LogP contribution is -2.25. The van der Waals surface area contributed by atoms with Gasteiger partial charge in [0.05, 0.1) is 30.3 Å². The van der Waals surface area contributed by atoms with Gasteiger partial charge in [0.2, 0.25) is 0 Å².